The Kier molecular flexibility index (Phi) is 3.88. The second-order valence-corrected chi connectivity index (χ2v) is 4.59. The summed E-state index contributed by atoms with van der Waals surface area (Å²) in [5, 5.41) is 6.54. The molecule has 0 aliphatic carbocycles. The first-order chi connectivity index (χ1) is 7.01. The summed E-state index contributed by atoms with van der Waals surface area (Å²) in [4.78, 5) is 8.32. The first kappa shape index (κ1) is 11.8. The molecule has 1 rings (SSSR count). The average molecular weight is 208 g/mol. The summed E-state index contributed by atoms with van der Waals surface area (Å²) in [6.45, 7) is 9.38. The average Bonchev–Trinajstić information content (AvgIpc) is 2.12. The molecule has 1 aromatic rings. The molecule has 0 fully saturated rings. The van der Waals surface area contributed by atoms with Gasteiger partial charge < -0.3 is 10.6 Å². The Morgan fingerprint density at radius 1 is 1.20 bits per heavy atom. The van der Waals surface area contributed by atoms with Gasteiger partial charge in [-0.2, -0.15) is 0 Å². The quantitative estimate of drug-likeness (QED) is 0.798. The van der Waals surface area contributed by atoms with Gasteiger partial charge in [0.25, 0.3) is 0 Å². The fourth-order valence-electron chi connectivity index (χ4n) is 1.16. The van der Waals surface area contributed by atoms with E-state index < -0.39 is 0 Å². The van der Waals surface area contributed by atoms with Crippen molar-refractivity contribution in [3.8, 4) is 0 Å². The minimum Gasteiger partial charge on any atom is -0.370 e. The van der Waals surface area contributed by atoms with Gasteiger partial charge in [0, 0.05) is 18.2 Å². The van der Waals surface area contributed by atoms with Gasteiger partial charge in [-0.15, -0.1) is 0 Å². The standard InChI is InChI=1S/C11H20N4/c1-5-6-12-9-7-10(14-8-13-9)15-11(2,3)4/h7-8H,5-6H2,1-4H3,(H2,12,13,14,15). The van der Waals surface area contributed by atoms with E-state index in [9.17, 15) is 0 Å². The van der Waals surface area contributed by atoms with Crippen molar-refractivity contribution in [1.82, 2.24) is 9.97 Å². The van der Waals surface area contributed by atoms with E-state index in [0.29, 0.717) is 0 Å². The Labute approximate surface area is 91.5 Å². The summed E-state index contributed by atoms with van der Waals surface area (Å²) < 4.78 is 0. The molecule has 0 amide bonds. The maximum absolute atomic E-state index is 4.17. The molecule has 0 atom stereocenters. The maximum Gasteiger partial charge on any atom is 0.131 e. The third kappa shape index (κ3) is 4.63. The lowest BCUT2D eigenvalue weighted by molar-refractivity contribution is 0.630. The molecule has 0 spiro atoms. The Bertz CT molecular complexity index is 304. The Morgan fingerprint density at radius 2 is 1.87 bits per heavy atom. The van der Waals surface area contributed by atoms with Crippen LogP contribution in [0.1, 0.15) is 34.1 Å². The molecule has 0 saturated carbocycles. The molecular weight excluding hydrogens is 188 g/mol. The number of hydrogen-bond acceptors (Lipinski definition) is 4. The van der Waals surface area contributed by atoms with E-state index in [1.165, 1.54) is 0 Å². The smallest absolute Gasteiger partial charge is 0.131 e. The van der Waals surface area contributed by atoms with Crippen molar-refractivity contribution < 1.29 is 0 Å². The summed E-state index contributed by atoms with van der Waals surface area (Å²) >= 11 is 0. The van der Waals surface area contributed by atoms with Crippen LogP contribution in [0.2, 0.25) is 0 Å². The van der Waals surface area contributed by atoms with Gasteiger partial charge in [-0.3, -0.25) is 0 Å². The molecule has 15 heavy (non-hydrogen) atoms. The van der Waals surface area contributed by atoms with Crippen LogP contribution in [0, 0.1) is 0 Å². The molecule has 0 aliphatic rings. The maximum atomic E-state index is 4.17. The summed E-state index contributed by atoms with van der Waals surface area (Å²) in [6.07, 6.45) is 2.66. The molecule has 1 heterocycles. The Balaban J connectivity index is 2.66. The molecule has 2 N–H and O–H groups in total. The van der Waals surface area contributed by atoms with Gasteiger partial charge in [0.2, 0.25) is 0 Å². The second kappa shape index (κ2) is 4.96. The molecule has 84 valence electrons. The summed E-state index contributed by atoms with van der Waals surface area (Å²) in [7, 11) is 0. The SMILES string of the molecule is CCCNc1cc(NC(C)(C)C)ncn1. The number of hydrogen-bond donors (Lipinski definition) is 2. The monoisotopic (exact) mass is 208 g/mol. The predicted octanol–water partition coefficient (Wildman–Crippen LogP) is 2.51. The van der Waals surface area contributed by atoms with Crippen LogP contribution in [0.4, 0.5) is 11.6 Å². The van der Waals surface area contributed by atoms with Crippen molar-refractivity contribution >= 4 is 11.6 Å². The highest BCUT2D eigenvalue weighted by molar-refractivity contribution is 5.47. The Hall–Kier alpha value is -1.32. The molecule has 0 aromatic carbocycles. The van der Waals surface area contributed by atoms with Crippen LogP contribution in [-0.4, -0.2) is 22.1 Å². The van der Waals surface area contributed by atoms with Gasteiger partial charge in [0.15, 0.2) is 0 Å². The van der Waals surface area contributed by atoms with Gasteiger partial charge in [-0.25, -0.2) is 9.97 Å². The van der Waals surface area contributed by atoms with Crippen molar-refractivity contribution in [2.45, 2.75) is 39.7 Å². The first-order valence-corrected chi connectivity index (χ1v) is 5.35. The van der Waals surface area contributed by atoms with E-state index in [-0.39, 0.29) is 5.54 Å². The summed E-state index contributed by atoms with van der Waals surface area (Å²) in [5.74, 6) is 1.73. The number of nitrogens with one attached hydrogen (secondary N) is 2. The van der Waals surface area contributed by atoms with E-state index in [4.69, 9.17) is 0 Å². The highest BCUT2D eigenvalue weighted by Crippen LogP contribution is 2.13. The van der Waals surface area contributed by atoms with E-state index in [1.54, 1.807) is 6.33 Å². The molecule has 0 radical (unpaired) electrons. The van der Waals surface area contributed by atoms with Crippen LogP contribution in [-0.2, 0) is 0 Å². The minimum atomic E-state index is 0.0242. The normalized spacial score (nSPS) is 11.2. The van der Waals surface area contributed by atoms with Crippen molar-refractivity contribution in [2.75, 3.05) is 17.2 Å². The topological polar surface area (TPSA) is 49.8 Å². The van der Waals surface area contributed by atoms with E-state index in [2.05, 4.69) is 48.3 Å². The van der Waals surface area contributed by atoms with Crippen molar-refractivity contribution in [1.29, 1.82) is 0 Å². The zero-order valence-corrected chi connectivity index (χ0v) is 9.96. The van der Waals surface area contributed by atoms with E-state index in [0.717, 1.165) is 24.6 Å². The lowest BCUT2D eigenvalue weighted by atomic mass is 10.1. The lowest BCUT2D eigenvalue weighted by Gasteiger charge is -2.21. The van der Waals surface area contributed by atoms with Crippen LogP contribution in [0.25, 0.3) is 0 Å². The zero-order chi connectivity index (χ0) is 11.3. The zero-order valence-electron chi connectivity index (χ0n) is 9.96. The molecule has 0 saturated heterocycles. The fourth-order valence-corrected chi connectivity index (χ4v) is 1.16. The second-order valence-electron chi connectivity index (χ2n) is 4.59. The molecule has 4 heteroatoms. The third-order valence-electron chi connectivity index (χ3n) is 1.73. The molecular formula is C11H20N4. The first-order valence-electron chi connectivity index (χ1n) is 5.35. The molecule has 4 nitrogen and oxygen atoms in total. The minimum absolute atomic E-state index is 0.0242. The van der Waals surface area contributed by atoms with Crippen LogP contribution in [0.3, 0.4) is 0 Å². The highest BCUT2D eigenvalue weighted by Gasteiger charge is 2.10. The van der Waals surface area contributed by atoms with Crippen LogP contribution >= 0.6 is 0 Å². The number of rotatable bonds is 4. The van der Waals surface area contributed by atoms with Gasteiger partial charge >= 0.3 is 0 Å². The van der Waals surface area contributed by atoms with Crippen LogP contribution in [0.15, 0.2) is 12.4 Å². The van der Waals surface area contributed by atoms with Gasteiger partial charge in [-0.05, 0) is 27.2 Å². The van der Waals surface area contributed by atoms with Crippen LogP contribution < -0.4 is 10.6 Å². The molecule has 0 bridgehead atoms. The van der Waals surface area contributed by atoms with Crippen molar-refractivity contribution in [2.24, 2.45) is 0 Å². The number of aromatic nitrogens is 2. The summed E-state index contributed by atoms with van der Waals surface area (Å²) in [6, 6.07) is 1.93. The van der Waals surface area contributed by atoms with E-state index >= 15 is 0 Å². The van der Waals surface area contributed by atoms with Gasteiger partial charge in [0.1, 0.15) is 18.0 Å². The third-order valence-corrected chi connectivity index (χ3v) is 1.73. The number of nitrogens with zero attached hydrogens (tertiary/aromatic N) is 2. The number of anilines is 2. The molecule has 1 aromatic heterocycles. The van der Waals surface area contributed by atoms with Gasteiger partial charge in [-0.1, -0.05) is 6.92 Å². The summed E-state index contributed by atoms with van der Waals surface area (Å²) in [5.41, 5.74) is 0.0242. The lowest BCUT2D eigenvalue weighted by Crippen LogP contribution is -2.26. The Morgan fingerprint density at radius 3 is 2.47 bits per heavy atom. The highest BCUT2D eigenvalue weighted by atomic mass is 15.1. The molecule has 0 unspecified atom stereocenters. The van der Waals surface area contributed by atoms with Crippen molar-refractivity contribution in [3.05, 3.63) is 12.4 Å². The van der Waals surface area contributed by atoms with Gasteiger partial charge in [0.05, 0.1) is 0 Å². The van der Waals surface area contributed by atoms with Crippen LogP contribution in [0.5, 0.6) is 0 Å². The predicted molar refractivity (Wildman–Crippen MR) is 64.2 cm³/mol. The largest absolute Gasteiger partial charge is 0.370 e. The molecule has 0 aliphatic heterocycles. The van der Waals surface area contributed by atoms with Crippen molar-refractivity contribution in [3.63, 3.8) is 0 Å². The van der Waals surface area contributed by atoms with E-state index in [1.807, 2.05) is 6.07 Å². The fraction of sp³-hybridized carbons (Fsp3) is 0.636.